The third-order valence-corrected chi connectivity index (χ3v) is 5.09. The van der Waals surface area contributed by atoms with E-state index < -0.39 is 0 Å². The van der Waals surface area contributed by atoms with E-state index in [4.69, 9.17) is 0 Å². The zero-order chi connectivity index (χ0) is 19.3. The van der Waals surface area contributed by atoms with Crippen LogP contribution in [0.3, 0.4) is 0 Å². The average molecular weight is 355 g/mol. The van der Waals surface area contributed by atoms with Crippen LogP contribution < -0.4 is 5.32 Å². The number of hydrogen-bond donors (Lipinski definition) is 1. The van der Waals surface area contributed by atoms with Gasteiger partial charge in [-0.2, -0.15) is 0 Å². The minimum Gasteiger partial charge on any atom is -0.334 e. The maximum absolute atomic E-state index is 13.7. The summed E-state index contributed by atoms with van der Waals surface area (Å²) in [6, 6.07) is 13.0. The number of unbranched alkanes of at least 4 members (excludes halogenated alkanes) is 1. The zero-order valence-electron chi connectivity index (χ0n) is 17.2. The van der Waals surface area contributed by atoms with Crippen LogP contribution in [0.15, 0.2) is 36.4 Å². The smallest absolute Gasteiger partial charge is 0.255 e. The van der Waals surface area contributed by atoms with Crippen molar-refractivity contribution in [1.29, 1.82) is 0 Å². The largest absolute Gasteiger partial charge is 0.334 e. The predicted octanol–water partition coefficient (Wildman–Crippen LogP) is 5.55. The number of carbonyl (C=O) groups is 1. The number of amides is 1. The number of nitrogens with one attached hydrogen (secondary N) is 1. The molecule has 0 bridgehead atoms. The lowest BCUT2D eigenvalue weighted by Gasteiger charge is -2.33. The van der Waals surface area contributed by atoms with Gasteiger partial charge in [0.25, 0.3) is 5.91 Å². The maximum atomic E-state index is 13.7. The molecular weight excluding hydrogens is 320 g/mol. The molecule has 2 rings (SSSR count). The van der Waals surface area contributed by atoms with Gasteiger partial charge in [0.15, 0.2) is 0 Å². The van der Waals surface area contributed by atoms with Crippen LogP contribution in [0.5, 0.6) is 0 Å². The molecule has 0 aromatic heterocycles. The van der Waals surface area contributed by atoms with Crippen molar-refractivity contribution in [3.8, 4) is 0 Å². The van der Waals surface area contributed by atoms with Gasteiger partial charge in [-0.3, -0.25) is 4.79 Å². The highest BCUT2D eigenvalue weighted by Gasteiger charge is 2.27. The number of nitrogens with zero attached hydrogens (tertiary/aromatic N) is 1. The summed E-state index contributed by atoms with van der Waals surface area (Å²) in [5, 5.41) is 5.62. The number of hydrogen-bond acceptors (Lipinski definition) is 2. The average Bonchev–Trinajstić information content (AvgIpc) is 2.61. The third-order valence-electron chi connectivity index (χ3n) is 5.09. The molecule has 3 nitrogen and oxygen atoms in total. The van der Waals surface area contributed by atoms with Crippen molar-refractivity contribution in [2.24, 2.45) is 0 Å². The summed E-state index contributed by atoms with van der Waals surface area (Å²) in [4.78, 5) is 15.7. The first-order chi connectivity index (χ1) is 12.4. The number of rotatable bonds is 8. The zero-order valence-corrected chi connectivity index (χ0v) is 17.2. The Bertz CT molecular complexity index is 728. The summed E-state index contributed by atoms with van der Waals surface area (Å²) in [7, 11) is 1.99. The van der Waals surface area contributed by atoms with Crippen molar-refractivity contribution in [2.75, 3.05) is 7.05 Å². The van der Waals surface area contributed by atoms with Gasteiger partial charge in [-0.15, -0.1) is 0 Å². The van der Waals surface area contributed by atoms with Crippen LogP contribution in [0, 0.1) is 0 Å². The van der Waals surface area contributed by atoms with Gasteiger partial charge in [-0.25, -0.2) is 0 Å². The highest BCUT2D eigenvalue weighted by atomic mass is 16.2. The van der Waals surface area contributed by atoms with Crippen LogP contribution in [0.25, 0.3) is 10.8 Å². The second kappa shape index (κ2) is 9.18. The lowest BCUT2D eigenvalue weighted by Crippen LogP contribution is -2.42. The van der Waals surface area contributed by atoms with Crippen molar-refractivity contribution in [3.63, 3.8) is 0 Å². The Kier molecular flexibility index (Phi) is 7.22. The Morgan fingerprint density at radius 3 is 2.27 bits per heavy atom. The molecule has 2 aromatic rings. The van der Waals surface area contributed by atoms with Crippen molar-refractivity contribution < 1.29 is 4.79 Å². The standard InChI is InChI=1S/C23H34N2O/c1-7-8-13-21(24-6)20-15-14-18-11-9-10-12-19(18)22(20)23(26)25(16(2)3)17(4)5/h9-12,14-17,21,24H,7-8,13H2,1-6H3/t21-/m0/s1. The molecule has 0 aliphatic rings. The lowest BCUT2D eigenvalue weighted by molar-refractivity contribution is 0.0644. The molecule has 0 aliphatic carbocycles. The summed E-state index contributed by atoms with van der Waals surface area (Å²) < 4.78 is 0. The number of fused-ring (bicyclic) bond motifs is 1. The van der Waals surface area contributed by atoms with Crippen LogP contribution in [0.1, 0.15) is 75.8 Å². The second-order valence-corrected chi connectivity index (χ2v) is 7.63. The van der Waals surface area contributed by atoms with Gasteiger partial charge >= 0.3 is 0 Å². The molecule has 0 fully saturated rings. The maximum Gasteiger partial charge on any atom is 0.255 e. The van der Waals surface area contributed by atoms with E-state index in [1.165, 1.54) is 0 Å². The van der Waals surface area contributed by atoms with Crippen molar-refractivity contribution in [3.05, 3.63) is 47.5 Å². The highest BCUT2D eigenvalue weighted by Crippen LogP contribution is 2.31. The molecule has 1 amide bonds. The fraction of sp³-hybridized carbons (Fsp3) is 0.522. The molecule has 1 N–H and O–H groups in total. The Balaban J connectivity index is 2.66. The second-order valence-electron chi connectivity index (χ2n) is 7.63. The molecular formula is C23H34N2O. The Hall–Kier alpha value is -1.87. The molecule has 0 radical (unpaired) electrons. The Morgan fingerprint density at radius 2 is 1.69 bits per heavy atom. The van der Waals surface area contributed by atoms with Crippen LogP contribution in [-0.4, -0.2) is 29.9 Å². The van der Waals surface area contributed by atoms with Crippen LogP contribution in [0.4, 0.5) is 0 Å². The number of carbonyl (C=O) groups excluding carboxylic acids is 1. The predicted molar refractivity (Wildman–Crippen MR) is 112 cm³/mol. The van der Waals surface area contributed by atoms with Gasteiger partial charge in [0.1, 0.15) is 0 Å². The van der Waals surface area contributed by atoms with E-state index in [0.29, 0.717) is 0 Å². The topological polar surface area (TPSA) is 32.3 Å². The van der Waals surface area contributed by atoms with Crippen molar-refractivity contribution in [2.45, 2.75) is 72.0 Å². The summed E-state index contributed by atoms with van der Waals surface area (Å²) in [6.07, 6.45) is 3.33. The summed E-state index contributed by atoms with van der Waals surface area (Å²) in [5.74, 6) is 0.138. The normalized spacial score (nSPS) is 12.8. The fourth-order valence-electron chi connectivity index (χ4n) is 3.88. The fourth-order valence-corrected chi connectivity index (χ4v) is 3.88. The monoisotopic (exact) mass is 354 g/mol. The van der Waals surface area contributed by atoms with E-state index >= 15 is 0 Å². The summed E-state index contributed by atoms with van der Waals surface area (Å²) in [6.45, 7) is 10.6. The Labute approximate surface area is 158 Å². The third kappa shape index (κ3) is 4.27. The molecule has 0 saturated heterocycles. The summed E-state index contributed by atoms with van der Waals surface area (Å²) >= 11 is 0. The minimum atomic E-state index is 0.138. The SMILES string of the molecule is CCCC[C@H](NC)c1ccc2ccccc2c1C(=O)N(C(C)C)C(C)C. The quantitative estimate of drug-likeness (QED) is 0.674. The summed E-state index contributed by atoms with van der Waals surface area (Å²) in [5.41, 5.74) is 1.98. The van der Waals surface area contributed by atoms with Gasteiger partial charge in [0.2, 0.25) is 0 Å². The van der Waals surface area contributed by atoms with Crippen LogP contribution in [0.2, 0.25) is 0 Å². The number of benzene rings is 2. The first kappa shape index (κ1) is 20.4. The molecule has 1 atom stereocenters. The molecule has 2 aromatic carbocycles. The van der Waals surface area contributed by atoms with Crippen LogP contribution in [-0.2, 0) is 0 Å². The highest BCUT2D eigenvalue weighted by molar-refractivity contribution is 6.08. The molecule has 0 unspecified atom stereocenters. The van der Waals surface area contributed by atoms with E-state index in [-0.39, 0.29) is 24.0 Å². The van der Waals surface area contributed by atoms with Gasteiger partial charge in [0, 0.05) is 18.1 Å². The molecule has 0 aliphatic heterocycles. The van der Waals surface area contributed by atoms with Gasteiger partial charge < -0.3 is 10.2 Å². The first-order valence-corrected chi connectivity index (χ1v) is 9.93. The van der Waals surface area contributed by atoms with Gasteiger partial charge in [0.05, 0.1) is 5.56 Å². The van der Waals surface area contributed by atoms with E-state index in [0.717, 1.165) is 41.2 Å². The lowest BCUT2D eigenvalue weighted by atomic mass is 9.90. The van der Waals surface area contributed by atoms with Crippen LogP contribution >= 0.6 is 0 Å². The molecule has 142 valence electrons. The molecule has 26 heavy (non-hydrogen) atoms. The minimum absolute atomic E-state index is 0.138. The first-order valence-electron chi connectivity index (χ1n) is 9.93. The van der Waals surface area contributed by atoms with Gasteiger partial charge in [-0.05, 0) is 57.5 Å². The van der Waals surface area contributed by atoms with E-state index in [9.17, 15) is 4.79 Å². The molecule has 0 saturated carbocycles. The van der Waals surface area contributed by atoms with Crippen molar-refractivity contribution >= 4 is 16.7 Å². The Morgan fingerprint density at radius 1 is 1.04 bits per heavy atom. The molecule has 0 heterocycles. The van der Waals surface area contributed by atoms with Crippen molar-refractivity contribution in [1.82, 2.24) is 10.2 Å². The molecule has 0 spiro atoms. The molecule has 3 heteroatoms. The van der Waals surface area contributed by atoms with E-state index in [1.807, 2.05) is 24.1 Å². The van der Waals surface area contributed by atoms with E-state index in [2.05, 4.69) is 64.2 Å². The van der Waals surface area contributed by atoms with E-state index in [1.54, 1.807) is 0 Å². The van der Waals surface area contributed by atoms with Gasteiger partial charge in [-0.1, -0.05) is 56.2 Å².